The molecule has 3 heterocycles. The number of amides is 1. The first-order chi connectivity index (χ1) is 23.6. The van der Waals surface area contributed by atoms with Crippen LogP contribution in [0.25, 0.3) is 0 Å². The molecule has 3 fully saturated rings. The summed E-state index contributed by atoms with van der Waals surface area (Å²) in [5.41, 5.74) is -0.249. The van der Waals surface area contributed by atoms with Crippen LogP contribution in [0.15, 0.2) is 60.7 Å². The van der Waals surface area contributed by atoms with Crippen LogP contribution in [-0.2, 0) is 24.6 Å². The van der Waals surface area contributed by atoms with Crippen LogP contribution in [0.4, 0.5) is 4.79 Å². The van der Waals surface area contributed by atoms with Gasteiger partial charge in [0.05, 0.1) is 25.2 Å². The lowest BCUT2D eigenvalue weighted by molar-refractivity contribution is -0.956. The molecular weight excluding hydrogens is 600 g/mol. The topological polar surface area (TPSA) is 73.9 Å². The fourth-order valence-electron chi connectivity index (χ4n) is 8.89. The van der Waals surface area contributed by atoms with Crippen molar-refractivity contribution in [1.29, 1.82) is 0 Å². The average molecular weight is 662 g/mol. The van der Waals surface area contributed by atoms with Crippen LogP contribution in [0.3, 0.4) is 0 Å². The maximum absolute atomic E-state index is 14.5. The number of carbonyl (C=O) groups is 2. The van der Waals surface area contributed by atoms with E-state index in [-0.39, 0.29) is 12.9 Å². The number of hydrogen-bond donors (Lipinski definition) is 1. The van der Waals surface area contributed by atoms with Gasteiger partial charge in [-0.05, 0) is 17.5 Å². The maximum Gasteiger partial charge on any atom is 0.409 e. The largest absolute Gasteiger partial charge is 0.459 e. The number of alkyl carbamates (subject to hydrolysis) is 1. The van der Waals surface area contributed by atoms with Crippen molar-refractivity contribution >= 4 is 12.1 Å². The predicted octanol–water partition coefficient (Wildman–Crippen LogP) is 9.18. The van der Waals surface area contributed by atoms with Crippen molar-refractivity contribution in [2.75, 3.05) is 26.4 Å². The van der Waals surface area contributed by atoms with Gasteiger partial charge in [0.1, 0.15) is 6.10 Å². The van der Waals surface area contributed by atoms with Crippen LogP contribution in [0, 0.1) is 0 Å². The number of nitrogens with one attached hydrogen (secondary N) is 1. The van der Waals surface area contributed by atoms with Crippen LogP contribution >= 0.6 is 0 Å². The minimum Gasteiger partial charge on any atom is -0.459 e. The van der Waals surface area contributed by atoms with E-state index in [1.54, 1.807) is 0 Å². The zero-order valence-electron chi connectivity index (χ0n) is 29.6. The van der Waals surface area contributed by atoms with Gasteiger partial charge in [-0.3, -0.25) is 0 Å². The van der Waals surface area contributed by atoms with Crippen molar-refractivity contribution < 1.29 is 28.3 Å². The molecule has 48 heavy (non-hydrogen) atoms. The van der Waals surface area contributed by atoms with Gasteiger partial charge in [-0.25, -0.2) is 9.59 Å². The molecule has 5 rings (SSSR count). The second kappa shape index (κ2) is 18.7. The molecule has 3 aliphatic heterocycles. The van der Waals surface area contributed by atoms with Gasteiger partial charge in [-0.2, -0.15) is 0 Å². The van der Waals surface area contributed by atoms with Gasteiger partial charge in [-0.15, -0.1) is 0 Å². The molecule has 1 amide bonds. The first-order valence-corrected chi connectivity index (χ1v) is 19.3. The molecule has 2 bridgehead atoms. The summed E-state index contributed by atoms with van der Waals surface area (Å²) < 4.78 is 19.6. The third-order valence-corrected chi connectivity index (χ3v) is 11.4. The molecule has 0 aromatic heterocycles. The predicted molar refractivity (Wildman–Crippen MR) is 190 cm³/mol. The fraction of sp³-hybridized carbons (Fsp3) is 0.659. The van der Waals surface area contributed by atoms with Crippen LogP contribution in [-0.4, -0.2) is 61.2 Å². The molecule has 7 heteroatoms. The maximum atomic E-state index is 14.5. The van der Waals surface area contributed by atoms with Gasteiger partial charge in [0.15, 0.2) is 6.79 Å². The number of quaternary nitrogens is 1. The van der Waals surface area contributed by atoms with E-state index < -0.39 is 17.7 Å². The number of benzene rings is 2. The normalized spacial score (nSPS) is 21.3. The van der Waals surface area contributed by atoms with E-state index in [2.05, 4.69) is 12.2 Å². The number of ether oxygens (including phenoxy) is 3. The zero-order valence-corrected chi connectivity index (χ0v) is 29.6. The van der Waals surface area contributed by atoms with Crippen LogP contribution in [0.1, 0.15) is 134 Å². The lowest BCUT2D eigenvalue weighted by Gasteiger charge is -2.47. The summed E-state index contributed by atoms with van der Waals surface area (Å²) in [5, 5.41) is 2.86. The summed E-state index contributed by atoms with van der Waals surface area (Å²) in [6.45, 7) is 4.99. The van der Waals surface area contributed by atoms with Crippen LogP contribution in [0.5, 0.6) is 0 Å². The highest BCUT2D eigenvalue weighted by atomic mass is 16.7. The molecule has 7 nitrogen and oxygen atoms in total. The van der Waals surface area contributed by atoms with E-state index in [0.29, 0.717) is 29.8 Å². The van der Waals surface area contributed by atoms with Crippen molar-refractivity contribution in [3.8, 4) is 0 Å². The molecule has 2 unspecified atom stereocenters. The lowest BCUT2D eigenvalue weighted by Crippen LogP contribution is -2.60. The zero-order chi connectivity index (χ0) is 33.5. The summed E-state index contributed by atoms with van der Waals surface area (Å²) in [5.74, 6) is -0.445. The van der Waals surface area contributed by atoms with E-state index in [4.69, 9.17) is 14.2 Å². The Labute approximate surface area is 289 Å². The van der Waals surface area contributed by atoms with Gasteiger partial charge in [0.2, 0.25) is 5.60 Å². The molecule has 264 valence electrons. The van der Waals surface area contributed by atoms with E-state index in [1.165, 1.54) is 107 Å². The number of carbonyl (C=O) groups excluding carboxylic acids is 2. The van der Waals surface area contributed by atoms with Gasteiger partial charge in [-0.1, -0.05) is 138 Å². The summed E-state index contributed by atoms with van der Waals surface area (Å²) in [6, 6.07) is 20.1. The highest BCUT2D eigenvalue weighted by Crippen LogP contribution is 2.47. The summed E-state index contributed by atoms with van der Waals surface area (Å²) >= 11 is 0. The third-order valence-electron chi connectivity index (χ3n) is 11.4. The molecule has 2 aromatic carbocycles. The summed E-state index contributed by atoms with van der Waals surface area (Å²) in [6.07, 6.45) is 21.4. The number of esters is 1. The number of nitrogens with zero attached hydrogens (tertiary/aromatic N) is 1. The van der Waals surface area contributed by atoms with Crippen molar-refractivity contribution in [3.63, 3.8) is 0 Å². The van der Waals surface area contributed by atoms with Gasteiger partial charge in [0, 0.05) is 45.1 Å². The second-order valence-electron chi connectivity index (χ2n) is 14.6. The molecule has 0 saturated carbocycles. The molecule has 0 aliphatic carbocycles. The third kappa shape index (κ3) is 9.20. The SMILES string of the molecule is CCCCCCCCCCCCCCNC(=O)OCOC(C(=O)OC1CC2CCC(C1)[N+]21CCCC1)(c1ccccc1)c1ccccc1. The van der Waals surface area contributed by atoms with E-state index in [0.717, 1.165) is 25.7 Å². The van der Waals surface area contributed by atoms with E-state index in [1.807, 2.05) is 60.7 Å². The van der Waals surface area contributed by atoms with Gasteiger partial charge < -0.3 is 24.0 Å². The molecule has 1 N–H and O–H groups in total. The standard InChI is InChI=1S/C41H60N2O5/c1-2-3-4-5-6-7-8-9-10-11-12-19-28-42-40(45)46-33-47-41(34-22-15-13-16-23-34,35-24-17-14-18-25-35)39(44)48-38-31-36-26-27-37(32-38)43(36)29-20-21-30-43/h13-18,22-25,36-38H,2-12,19-21,26-33H2,1H3/p+1. The Bertz CT molecular complexity index is 1180. The van der Waals surface area contributed by atoms with E-state index in [9.17, 15) is 9.59 Å². The Hall–Kier alpha value is -2.90. The number of rotatable bonds is 20. The fourth-order valence-corrected chi connectivity index (χ4v) is 8.89. The van der Waals surface area contributed by atoms with Crippen molar-refractivity contribution in [3.05, 3.63) is 71.8 Å². The molecular formula is C41H61N2O5+. The Morgan fingerprint density at radius 1 is 0.729 bits per heavy atom. The van der Waals surface area contributed by atoms with Crippen molar-refractivity contribution in [1.82, 2.24) is 5.32 Å². The molecule has 1 spiro atoms. The molecule has 2 atom stereocenters. The highest BCUT2D eigenvalue weighted by molar-refractivity contribution is 5.86. The molecule has 3 aliphatic rings. The number of unbranched alkanes of at least 4 members (excludes halogenated alkanes) is 11. The summed E-state index contributed by atoms with van der Waals surface area (Å²) in [4.78, 5) is 27.1. The van der Waals surface area contributed by atoms with Gasteiger partial charge in [0.25, 0.3) is 0 Å². The Kier molecular flexibility index (Phi) is 14.2. The average Bonchev–Trinajstić information content (AvgIpc) is 3.66. The number of hydrogen-bond acceptors (Lipinski definition) is 5. The van der Waals surface area contributed by atoms with Crippen molar-refractivity contribution in [2.45, 2.75) is 146 Å². The smallest absolute Gasteiger partial charge is 0.409 e. The molecule has 3 saturated heterocycles. The minimum absolute atomic E-state index is 0.144. The summed E-state index contributed by atoms with van der Waals surface area (Å²) in [7, 11) is 0. The molecule has 0 radical (unpaired) electrons. The Morgan fingerprint density at radius 3 is 1.75 bits per heavy atom. The second-order valence-corrected chi connectivity index (χ2v) is 14.6. The molecule has 2 aromatic rings. The minimum atomic E-state index is -1.56. The highest BCUT2D eigenvalue weighted by Gasteiger charge is 2.57. The Balaban J connectivity index is 1.12. The van der Waals surface area contributed by atoms with Crippen molar-refractivity contribution in [2.24, 2.45) is 0 Å². The van der Waals surface area contributed by atoms with Crippen LogP contribution in [0.2, 0.25) is 0 Å². The van der Waals surface area contributed by atoms with Crippen LogP contribution < -0.4 is 5.32 Å². The monoisotopic (exact) mass is 661 g/mol. The van der Waals surface area contributed by atoms with E-state index >= 15 is 0 Å². The first kappa shape index (κ1) is 36.4. The number of piperidine rings is 1. The quantitative estimate of drug-likeness (QED) is 0.0663. The van der Waals surface area contributed by atoms with Gasteiger partial charge >= 0.3 is 12.1 Å². The lowest BCUT2D eigenvalue weighted by atomic mass is 9.85. The Morgan fingerprint density at radius 2 is 1.23 bits per heavy atom. The first-order valence-electron chi connectivity index (χ1n) is 19.3.